The van der Waals surface area contributed by atoms with E-state index in [1.165, 1.54) is 0 Å². The van der Waals surface area contributed by atoms with E-state index in [4.69, 9.17) is 5.11 Å². The summed E-state index contributed by atoms with van der Waals surface area (Å²) >= 11 is 3.34. The van der Waals surface area contributed by atoms with Crippen LogP contribution in [-0.2, 0) is 9.59 Å². The Morgan fingerprint density at radius 3 is 2.89 bits per heavy atom. The maximum Gasteiger partial charge on any atom is 0.307 e. The van der Waals surface area contributed by atoms with Gasteiger partial charge in [-0.1, -0.05) is 22.0 Å². The number of hydrogen-bond acceptors (Lipinski definition) is 3. The van der Waals surface area contributed by atoms with Crippen molar-refractivity contribution >= 4 is 33.5 Å². The summed E-state index contributed by atoms with van der Waals surface area (Å²) in [7, 11) is 0. The number of amides is 1. The summed E-state index contributed by atoms with van der Waals surface area (Å²) in [5.74, 6) is -1.25. The molecule has 0 bridgehead atoms. The summed E-state index contributed by atoms with van der Waals surface area (Å²) in [6.07, 6.45) is 0.611. The molecule has 0 spiro atoms. The van der Waals surface area contributed by atoms with Crippen LogP contribution in [0.25, 0.3) is 0 Å². The molecule has 1 saturated heterocycles. The van der Waals surface area contributed by atoms with Gasteiger partial charge < -0.3 is 10.4 Å². The molecule has 1 atom stereocenters. The van der Waals surface area contributed by atoms with Crippen molar-refractivity contribution in [1.29, 1.82) is 0 Å². The summed E-state index contributed by atoms with van der Waals surface area (Å²) in [5, 5.41) is 11.7. The number of anilines is 1. The molecule has 1 aliphatic heterocycles. The Balaban J connectivity index is 1.84. The first-order chi connectivity index (χ1) is 9.04. The normalized spacial score (nSPS) is 19.3. The lowest BCUT2D eigenvalue weighted by atomic mass is 10.1. The number of nitrogens with zero attached hydrogens (tertiary/aromatic N) is 1. The third-order valence-electron chi connectivity index (χ3n) is 3.10. The highest BCUT2D eigenvalue weighted by molar-refractivity contribution is 9.10. The number of nitrogens with one attached hydrogen (secondary N) is 1. The molecule has 0 aliphatic carbocycles. The van der Waals surface area contributed by atoms with Crippen molar-refractivity contribution in [3.63, 3.8) is 0 Å². The molecule has 2 N–H and O–H groups in total. The third-order valence-corrected chi connectivity index (χ3v) is 3.59. The Kier molecular flexibility index (Phi) is 4.55. The van der Waals surface area contributed by atoms with E-state index in [-0.39, 0.29) is 18.4 Å². The molecule has 19 heavy (non-hydrogen) atoms. The van der Waals surface area contributed by atoms with Crippen LogP contribution in [0.5, 0.6) is 0 Å². The first-order valence-electron chi connectivity index (χ1n) is 6.05. The van der Waals surface area contributed by atoms with Gasteiger partial charge in [0.2, 0.25) is 5.91 Å². The summed E-state index contributed by atoms with van der Waals surface area (Å²) in [6.45, 7) is 1.33. The number of carbonyl (C=O) groups excluding carboxylic acids is 1. The highest BCUT2D eigenvalue weighted by Gasteiger charge is 2.28. The molecule has 2 rings (SSSR count). The maximum atomic E-state index is 11.8. The molecule has 1 unspecified atom stereocenters. The van der Waals surface area contributed by atoms with Crippen molar-refractivity contribution in [2.45, 2.75) is 6.42 Å². The Labute approximate surface area is 119 Å². The van der Waals surface area contributed by atoms with Gasteiger partial charge >= 0.3 is 5.97 Å². The maximum absolute atomic E-state index is 11.8. The molecule has 0 radical (unpaired) electrons. The molecular formula is C13H15BrN2O3. The van der Waals surface area contributed by atoms with Crippen LogP contribution in [-0.4, -0.2) is 41.5 Å². The second-order valence-corrected chi connectivity index (χ2v) is 5.53. The van der Waals surface area contributed by atoms with Gasteiger partial charge in [-0.25, -0.2) is 0 Å². The quantitative estimate of drug-likeness (QED) is 0.885. The van der Waals surface area contributed by atoms with Crippen LogP contribution in [0.3, 0.4) is 0 Å². The van der Waals surface area contributed by atoms with E-state index < -0.39 is 5.97 Å². The SMILES string of the molecule is O=C(CN1CCC(C(=O)O)C1)Nc1cccc(Br)c1. The average Bonchev–Trinajstić information content (AvgIpc) is 2.77. The molecule has 1 amide bonds. The lowest BCUT2D eigenvalue weighted by Crippen LogP contribution is -2.32. The van der Waals surface area contributed by atoms with Crippen molar-refractivity contribution in [2.75, 3.05) is 25.0 Å². The van der Waals surface area contributed by atoms with Crippen LogP contribution >= 0.6 is 15.9 Å². The fourth-order valence-electron chi connectivity index (χ4n) is 2.15. The number of likely N-dealkylation sites (tertiary alicyclic amines) is 1. The number of benzene rings is 1. The van der Waals surface area contributed by atoms with Crippen LogP contribution in [0.15, 0.2) is 28.7 Å². The van der Waals surface area contributed by atoms with E-state index in [0.29, 0.717) is 19.5 Å². The van der Waals surface area contributed by atoms with Crippen LogP contribution < -0.4 is 5.32 Å². The first-order valence-corrected chi connectivity index (χ1v) is 6.84. The van der Waals surface area contributed by atoms with E-state index in [9.17, 15) is 9.59 Å². The number of rotatable bonds is 4. The number of halogens is 1. The molecule has 0 saturated carbocycles. The number of carboxylic acid groups (broad SMARTS) is 1. The Bertz CT molecular complexity index is 493. The predicted octanol–water partition coefficient (Wildman–Crippen LogP) is 1.79. The second-order valence-electron chi connectivity index (χ2n) is 4.62. The summed E-state index contributed by atoms with van der Waals surface area (Å²) < 4.78 is 0.900. The van der Waals surface area contributed by atoms with Crippen molar-refractivity contribution in [3.05, 3.63) is 28.7 Å². The zero-order chi connectivity index (χ0) is 13.8. The predicted molar refractivity (Wildman–Crippen MR) is 75.0 cm³/mol. The van der Waals surface area contributed by atoms with Gasteiger partial charge in [-0.15, -0.1) is 0 Å². The summed E-state index contributed by atoms with van der Waals surface area (Å²) in [5.41, 5.74) is 0.730. The molecule has 1 heterocycles. The second kappa shape index (κ2) is 6.16. The molecule has 1 aromatic rings. The van der Waals surface area contributed by atoms with E-state index in [1.54, 1.807) is 0 Å². The number of hydrogen-bond donors (Lipinski definition) is 2. The van der Waals surface area contributed by atoms with Crippen molar-refractivity contribution < 1.29 is 14.7 Å². The third kappa shape index (κ3) is 4.04. The van der Waals surface area contributed by atoms with Gasteiger partial charge in [-0.05, 0) is 31.2 Å². The molecule has 1 aliphatic rings. The minimum Gasteiger partial charge on any atom is -0.481 e. The van der Waals surface area contributed by atoms with Crippen molar-refractivity contribution in [2.24, 2.45) is 5.92 Å². The smallest absolute Gasteiger partial charge is 0.307 e. The molecular weight excluding hydrogens is 312 g/mol. The van der Waals surface area contributed by atoms with Gasteiger partial charge in [-0.2, -0.15) is 0 Å². The fourth-order valence-corrected chi connectivity index (χ4v) is 2.55. The van der Waals surface area contributed by atoms with E-state index in [1.807, 2.05) is 29.2 Å². The largest absolute Gasteiger partial charge is 0.481 e. The van der Waals surface area contributed by atoms with Crippen LogP contribution in [0, 0.1) is 5.92 Å². The van der Waals surface area contributed by atoms with Gasteiger partial charge in [0.25, 0.3) is 0 Å². The highest BCUT2D eigenvalue weighted by Crippen LogP contribution is 2.17. The van der Waals surface area contributed by atoms with Gasteiger partial charge in [0.15, 0.2) is 0 Å². The van der Waals surface area contributed by atoms with Gasteiger partial charge in [0, 0.05) is 16.7 Å². The topological polar surface area (TPSA) is 69.6 Å². The fraction of sp³-hybridized carbons (Fsp3) is 0.385. The molecule has 6 heteroatoms. The van der Waals surface area contributed by atoms with Crippen molar-refractivity contribution in [3.8, 4) is 0 Å². The minimum atomic E-state index is -0.783. The Morgan fingerprint density at radius 1 is 1.47 bits per heavy atom. The molecule has 1 fully saturated rings. The summed E-state index contributed by atoms with van der Waals surface area (Å²) in [6, 6.07) is 7.36. The standard InChI is InChI=1S/C13H15BrN2O3/c14-10-2-1-3-11(6-10)15-12(17)8-16-5-4-9(7-16)13(18)19/h1-3,6,9H,4-5,7-8H2,(H,15,17)(H,18,19). The Morgan fingerprint density at radius 2 is 2.26 bits per heavy atom. The molecule has 0 aromatic heterocycles. The summed E-state index contributed by atoms with van der Waals surface area (Å²) in [4.78, 5) is 24.5. The first kappa shape index (κ1) is 14.0. The van der Waals surface area contributed by atoms with Crippen LogP contribution in [0.1, 0.15) is 6.42 Å². The number of carbonyl (C=O) groups is 2. The minimum absolute atomic E-state index is 0.121. The van der Waals surface area contributed by atoms with E-state index in [2.05, 4.69) is 21.2 Å². The highest BCUT2D eigenvalue weighted by atomic mass is 79.9. The average molecular weight is 327 g/mol. The number of aliphatic carboxylic acids is 1. The zero-order valence-corrected chi connectivity index (χ0v) is 11.9. The Hall–Kier alpha value is -1.40. The van der Waals surface area contributed by atoms with E-state index in [0.717, 1.165) is 10.2 Å². The van der Waals surface area contributed by atoms with Crippen LogP contribution in [0.4, 0.5) is 5.69 Å². The van der Waals surface area contributed by atoms with Crippen LogP contribution in [0.2, 0.25) is 0 Å². The molecule has 5 nitrogen and oxygen atoms in total. The zero-order valence-electron chi connectivity index (χ0n) is 10.3. The van der Waals surface area contributed by atoms with Gasteiger partial charge in [0.05, 0.1) is 12.5 Å². The molecule has 102 valence electrons. The lowest BCUT2D eigenvalue weighted by molar-refractivity contribution is -0.141. The molecule has 1 aromatic carbocycles. The van der Waals surface area contributed by atoms with Gasteiger partial charge in [0.1, 0.15) is 0 Å². The van der Waals surface area contributed by atoms with Gasteiger partial charge in [-0.3, -0.25) is 14.5 Å². The van der Waals surface area contributed by atoms with Crippen molar-refractivity contribution in [1.82, 2.24) is 4.90 Å². The number of carboxylic acids is 1. The monoisotopic (exact) mass is 326 g/mol. The van der Waals surface area contributed by atoms with E-state index >= 15 is 0 Å². The lowest BCUT2D eigenvalue weighted by Gasteiger charge is -2.14.